The van der Waals surface area contributed by atoms with Gasteiger partial charge in [0.1, 0.15) is 0 Å². The molecular weight excluding hydrogens is 304 g/mol. The molecule has 1 saturated heterocycles. The van der Waals surface area contributed by atoms with Gasteiger partial charge >= 0.3 is 0 Å². The molecule has 5 nitrogen and oxygen atoms in total. The maximum absolute atomic E-state index is 12.4. The van der Waals surface area contributed by atoms with Crippen LogP contribution in [0.25, 0.3) is 0 Å². The van der Waals surface area contributed by atoms with Crippen LogP contribution in [0.3, 0.4) is 0 Å². The summed E-state index contributed by atoms with van der Waals surface area (Å²) in [5.74, 6) is -0.125. The molecule has 2 N–H and O–H groups in total. The Bertz CT molecular complexity index is 753. The monoisotopic (exact) mass is 324 g/mol. The lowest BCUT2D eigenvalue weighted by Crippen LogP contribution is -2.23. The van der Waals surface area contributed by atoms with Gasteiger partial charge in [-0.15, -0.1) is 0 Å². The fraction of sp³-hybridized carbons (Fsp3) is 0.263. The summed E-state index contributed by atoms with van der Waals surface area (Å²) in [7, 11) is 0. The van der Waals surface area contributed by atoms with Crippen molar-refractivity contribution in [3.63, 3.8) is 0 Å². The lowest BCUT2D eigenvalue weighted by atomic mass is 10.1. The highest BCUT2D eigenvalue weighted by molar-refractivity contribution is 6.05. The van der Waals surface area contributed by atoms with E-state index >= 15 is 0 Å². The number of rotatable bonds is 4. The van der Waals surface area contributed by atoms with E-state index in [9.17, 15) is 14.7 Å². The molecule has 2 amide bonds. The maximum Gasteiger partial charge on any atom is 0.255 e. The number of carbonyl (C=O) groups is 2. The Morgan fingerprint density at radius 2 is 1.88 bits per heavy atom. The molecule has 0 radical (unpaired) electrons. The average molecular weight is 324 g/mol. The van der Waals surface area contributed by atoms with Crippen molar-refractivity contribution in [3.8, 4) is 0 Å². The number of benzene rings is 2. The lowest BCUT2D eigenvalue weighted by Gasteiger charge is -2.16. The standard InChI is InChI=1S/C19H20N2O3/c1-13(22)16-5-2-3-6-17(16)20-19(24)14-8-10-15(11-9-14)21-12-4-7-18(21)23/h2-3,5-6,8-11,13,22H,4,7,12H2,1H3,(H,20,24)/t13-/m0/s1. The smallest absolute Gasteiger partial charge is 0.255 e. The molecule has 124 valence electrons. The fourth-order valence-corrected chi connectivity index (χ4v) is 2.88. The van der Waals surface area contributed by atoms with Gasteiger partial charge < -0.3 is 15.3 Å². The maximum atomic E-state index is 12.4. The number of anilines is 2. The van der Waals surface area contributed by atoms with E-state index in [2.05, 4.69) is 5.32 Å². The van der Waals surface area contributed by atoms with Crippen LogP contribution in [0.4, 0.5) is 11.4 Å². The first-order valence-electron chi connectivity index (χ1n) is 8.05. The van der Waals surface area contributed by atoms with Crippen LogP contribution >= 0.6 is 0 Å². The van der Waals surface area contributed by atoms with Crippen molar-refractivity contribution < 1.29 is 14.7 Å². The van der Waals surface area contributed by atoms with Gasteiger partial charge in [0.15, 0.2) is 0 Å². The SMILES string of the molecule is C[C@H](O)c1ccccc1NC(=O)c1ccc(N2CCCC2=O)cc1. The molecule has 0 bridgehead atoms. The number of hydrogen-bond donors (Lipinski definition) is 2. The van der Waals surface area contributed by atoms with Crippen LogP contribution < -0.4 is 10.2 Å². The molecule has 1 fully saturated rings. The summed E-state index contributed by atoms with van der Waals surface area (Å²) < 4.78 is 0. The minimum absolute atomic E-state index is 0.123. The molecule has 0 unspecified atom stereocenters. The average Bonchev–Trinajstić information content (AvgIpc) is 3.01. The van der Waals surface area contributed by atoms with Crippen molar-refractivity contribution >= 4 is 23.2 Å². The number of para-hydroxylation sites is 1. The zero-order valence-electron chi connectivity index (χ0n) is 13.5. The normalized spacial score (nSPS) is 15.4. The van der Waals surface area contributed by atoms with Crippen molar-refractivity contribution in [1.82, 2.24) is 0 Å². The Hall–Kier alpha value is -2.66. The second-order valence-electron chi connectivity index (χ2n) is 5.91. The summed E-state index contributed by atoms with van der Waals surface area (Å²) >= 11 is 0. The van der Waals surface area contributed by atoms with E-state index in [1.807, 2.05) is 12.1 Å². The predicted octanol–water partition coefficient (Wildman–Crippen LogP) is 3.12. The molecule has 1 heterocycles. The molecule has 0 aromatic heterocycles. The summed E-state index contributed by atoms with van der Waals surface area (Å²) in [6, 6.07) is 14.2. The number of carbonyl (C=O) groups excluding carboxylic acids is 2. The Morgan fingerprint density at radius 3 is 2.50 bits per heavy atom. The second-order valence-corrected chi connectivity index (χ2v) is 5.91. The van der Waals surface area contributed by atoms with Gasteiger partial charge in [-0.25, -0.2) is 0 Å². The van der Waals surface area contributed by atoms with E-state index in [1.165, 1.54) is 0 Å². The van der Waals surface area contributed by atoms with Crippen molar-refractivity contribution in [2.45, 2.75) is 25.9 Å². The molecule has 2 aromatic rings. The first-order valence-corrected chi connectivity index (χ1v) is 8.05. The summed E-state index contributed by atoms with van der Waals surface area (Å²) in [5, 5.41) is 12.6. The number of aliphatic hydroxyl groups is 1. The van der Waals surface area contributed by atoms with E-state index in [-0.39, 0.29) is 11.8 Å². The van der Waals surface area contributed by atoms with Crippen molar-refractivity contribution in [2.75, 3.05) is 16.8 Å². The highest BCUT2D eigenvalue weighted by Crippen LogP contribution is 2.24. The molecule has 5 heteroatoms. The van der Waals surface area contributed by atoms with Gasteiger partial charge in [-0.2, -0.15) is 0 Å². The first kappa shape index (κ1) is 16.2. The Morgan fingerprint density at radius 1 is 1.17 bits per heavy atom. The Balaban J connectivity index is 1.75. The minimum Gasteiger partial charge on any atom is -0.389 e. The number of aliphatic hydroxyl groups excluding tert-OH is 1. The van der Waals surface area contributed by atoms with E-state index < -0.39 is 6.10 Å². The summed E-state index contributed by atoms with van der Waals surface area (Å²) in [4.78, 5) is 25.9. The van der Waals surface area contributed by atoms with Crippen LogP contribution in [0.2, 0.25) is 0 Å². The number of nitrogens with zero attached hydrogens (tertiary/aromatic N) is 1. The quantitative estimate of drug-likeness (QED) is 0.908. The predicted molar refractivity (Wildman–Crippen MR) is 93.1 cm³/mol. The molecule has 1 atom stereocenters. The van der Waals surface area contributed by atoms with E-state index in [4.69, 9.17) is 0 Å². The van der Waals surface area contributed by atoms with Crippen LogP contribution in [0.1, 0.15) is 41.8 Å². The molecule has 3 rings (SSSR count). The van der Waals surface area contributed by atoms with Gasteiger partial charge in [0.2, 0.25) is 5.91 Å². The molecule has 0 spiro atoms. The number of hydrogen-bond acceptors (Lipinski definition) is 3. The van der Waals surface area contributed by atoms with Gasteiger partial charge in [0, 0.05) is 35.5 Å². The van der Waals surface area contributed by atoms with Crippen molar-refractivity contribution in [1.29, 1.82) is 0 Å². The molecule has 1 aliphatic rings. The van der Waals surface area contributed by atoms with E-state index in [0.29, 0.717) is 23.2 Å². The van der Waals surface area contributed by atoms with Gasteiger partial charge in [0.25, 0.3) is 5.91 Å². The third-order valence-corrected chi connectivity index (χ3v) is 4.17. The highest BCUT2D eigenvalue weighted by atomic mass is 16.3. The van der Waals surface area contributed by atoms with Crippen molar-refractivity contribution in [3.05, 3.63) is 59.7 Å². The molecular formula is C19H20N2O3. The Kier molecular flexibility index (Phi) is 4.62. The van der Waals surface area contributed by atoms with Crippen LogP contribution in [0.5, 0.6) is 0 Å². The third-order valence-electron chi connectivity index (χ3n) is 4.17. The first-order chi connectivity index (χ1) is 11.6. The summed E-state index contributed by atoms with van der Waals surface area (Å²) in [6.45, 7) is 2.39. The molecule has 1 aliphatic heterocycles. The Labute approximate surface area is 140 Å². The van der Waals surface area contributed by atoms with Gasteiger partial charge in [-0.3, -0.25) is 9.59 Å². The number of amides is 2. The summed E-state index contributed by atoms with van der Waals surface area (Å²) in [6.07, 6.45) is 0.792. The largest absolute Gasteiger partial charge is 0.389 e. The minimum atomic E-state index is -0.662. The molecule has 2 aromatic carbocycles. The number of nitrogens with one attached hydrogen (secondary N) is 1. The van der Waals surface area contributed by atoms with E-state index in [0.717, 1.165) is 18.7 Å². The van der Waals surface area contributed by atoms with Gasteiger partial charge in [-0.1, -0.05) is 18.2 Å². The van der Waals surface area contributed by atoms with Gasteiger partial charge in [0.05, 0.1) is 6.10 Å². The van der Waals surface area contributed by atoms with Crippen LogP contribution in [0.15, 0.2) is 48.5 Å². The van der Waals surface area contributed by atoms with Crippen LogP contribution in [-0.2, 0) is 4.79 Å². The molecule has 0 saturated carbocycles. The van der Waals surface area contributed by atoms with Gasteiger partial charge in [-0.05, 0) is 43.7 Å². The van der Waals surface area contributed by atoms with E-state index in [1.54, 1.807) is 48.2 Å². The summed E-state index contributed by atoms with van der Waals surface area (Å²) in [5.41, 5.74) is 2.59. The third kappa shape index (κ3) is 3.31. The van der Waals surface area contributed by atoms with Crippen LogP contribution in [-0.4, -0.2) is 23.5 Å². The van der Waals surface area contributed by atoms with Crippen molar-refractivity contribution in [2.24, 2.45) is 0 Å². The molecule has 0 aliphatic carbocycles. The zero-order chi connectivity index (χ0) is 17.1. The topological polar surface area (TPSA) is 69.6 Å². The zero-order valence-corrected chi connectivity index (χ0v) is 13.5. The fourth-order valence-electron chi connectivity index (χ4n) is 2.88. The lowest BCUT2D eigenvalue weighted by molar-refractivity contribution is -0.117. The highest BCUT2D eigenvalue weighted by Gasteiger charge is 2.21. The second kappa shape index (κ2) is 6.84. The van der Waals surface area contributed by atoms with Crippen LogP contribution in [0, 0.1) is 0 Å². The molecule has 24 heavy (non-hydrogen) atoms.